The van der Waals surface area contributed by atoms with E-state index in [1.807, 2.05) is 51.1 Å². The highest BCUT2D eigenvalue weighted by atomic mass is 16.6. The van der Waals surface area contributed by atoms with E-state index < -0.39 is 5.60 Å². The van der Waals surface area contributed by atoms with Crippen molar-refractivity contribution in [2.75, 3.05) is 0 Å². The maximum absolute atomic E-state index is 11.6. The van der Waals surface area contributed by atoms with Crippen molar-refractivity contribution in [3.8, 4) is 0 Å². The van der Waals surface area contributed by atoms with E-state index in [9.17, 15) is 4.79 Å². The van der Waals surface area contributed by atoms with Gasteiger partial charge in [-0.05, 0) is 44.9 Å². The maximum Gasteiger partial charge on any atom is 0.310 e. The number of nitrogens with zero attached hydrogens (tertiary/aromatic N) is 2. The average Bonchev–Trinajstić information content (AvgIpc) is 2.44. The van der Waals surface area contributed by atoms with Crippen molar-refractivity contribution in [2.24, 2.45) is 0 Å². The van der Waals surface area contributed by atoms with Crippen molar-refractivity contribution in [3.63, 3.8) is 0 Å². The van der Waals surface area contributed by atoms with Crippen LogP contribution in [0.4, 0.5) is 0 Å². The van der Waals surface area contributed by atoms with E-state index in [2.05, 4.69) is 16.9 Å². The van der Waals surface area contributed by atoms with Gasteiger partial charge >= 0.3 is 5.97 Å². The lowest BCUT2D eigenvalue weighted by Crippen LogP contribution is -2.23. The Morgan fingerprint density at radius 2 is 2.05 bits per heavy atom. The Kier molecular flexibility index (Phi) is 4.91. The van der Waals surface area contributed by atoms with Gasteiger partial charge in [0.1, 0.15) is 5.60 Å². The highest BCUT2D eigenvalue weighted by Crippen LogP contribution is 2.14. The molecule has 0 aliphatic carbocycles. The van der Waals surface area contributed by atoms with Crippen LogP contribution >= 0.6 is 0 Å². The van der Waals surface area contributed by atoms with Crippen LogP contribution in [0.3, 0.4) is 0 Å². The fourth-order valence-electron chi connectivity index (χ4n) is 2.02. The van der Waals surface area contributed by atoms with E-state index in [0.717, 1.165) is 28.7 Å². The zero-order valence-electron chi connectivity index (χ0n) is 13.6. The zero-order valence-corrected chi connectivity index (χ0v) is 13.6. The highest BCUT2D eigenvalue weighted by molar-refractivity contribution is 5.78. The number of hydrogen-bond acceptors (Lipinski definition) is 4. The smallest absolute Gasteiger partial charge is 0.310 e. The van der Waals surface area contributed by atoms with E-state index in [-0.39, 0.29) is 12.4 Å². The summed E-state index contributed by atoms with van der Waals surface area (Å²) in [4.78, 5) is 20.6. The molecule has 0 atom stereocenters. The molecule has 0 unspecified atom stereocenters. The Morgan fingerprint density at radius 3 is 2.73 bits per heavy atom. The number of aromatic nitrogens is 2. The van der Waals surface area contributed by atoms with Gasteiger partial charge in [-0.1, -0.05) is 25.1 Å². The van der Waals surface area contributed by atoms with Crippen LogP contribution in [0, 0.1) is 0 Å². The van der Waals surface area contributed by atoms with Crippen molar-refractivity contribution in [2.45, 2.75) is 46.1 Å². The number of aryl methyl sites for hydroxylation is 1. The Bertz CT molecular complexity index is 700. The lowest BCUT2D eigenvalue weighted by molar-refractivity contribution is -0.153. The molecule has 22 heavy (non-hydrogen) atoms. The van der Waals surface area contributed by atoms with Crippen LogP contribution in [0.2, 0.25) is 0 Å². The fraction of sp³-hybridized carbons (Fsp3) is 0.389. The Balaban J connectivity index is 2.08. The van der Waals surface area contributed by atoms with Gasteiger partial charge in [-0.2, -0.15) is 0 Å². The molecule has 1 heterocycles. The zero-order chi connectivity index (χ0) is 16.2. The third kappa shape index (κ3) is 4.65. The molecule has 2 rings (SSSR count). The number of fused-ring (bicyclic) bond motifs is 1. The molecule has 0 radical (unpaired) electrons. The first-order chi connectivity index (χ1) is 10.4. The molecular weight excluding hydrogens is 276 g/mol. The second-order valence-corrected chi connectivity index (χ2v) is 6.16. The Labute approximate surface area is 131 Å². The summed E-state index contributed by atoms with van der Waals surface area (Å²) in [5, 5.41) is 0. The molecule has 0 fully saturated rings. The number of carbonyl (C=O) groups is 1. The molecule has 0 aliphatic heterocycles. The van der Waals surface area contributed by atoms with Crippen LogP contribution in [-0.4, -0.2) is 21.5 Å². The Hall–Kier alpha value is -2.23. The minimum absolute atomic E-state index is 0.224. The molecule has 0 bridgehead atoms. The van der Waals surface area contributed by atoms with Gasteiger partial charge < -0.3 is 4.74 Å². The topological polar surface area (TPSA) is 52.1 Å². The number of esters is 1. The molecule has 0 N–H and O–H groups in total. The summed E-state index contributed by atoms with van der Waals surface area (Å²) in [7, 11) is 0. The molecule has 116 valence electrons. The van der Waals surface area contributed by atoms with E-state index in [1.165, 1.54) is 0 Å². The van der Waals surface area contributed by atoms with Gasteiger partial charge in [0, 0.05) is 6.20 Å². The summed E-state index contributed by atoms with van der Waals surface area (Å²) >= 11 is 0. The number of carbonyl (C=O) groups excluding carboxylic acids is 1. The summed E-state index contributed by atoms with van der Waals surface area (Å²) < 4.78 is 5.26. The van der Waals surface area contributed by atoms with Crippen LogP contribution in [0.25, 0.3) is 17.1 Å². The molecule has 1 aromatic heterocycles. The van der Waals surface area contributed by atoms with Gasteiger partial charge in [0.15, 0.2) is 0 Å². The van der Waals surface area contributed by atoms with Gasteiger partial charge in [0.25, 0.3) is 0 Å². The van der Waals surface area contributed by atoms with E-state index in [0.29, 0.717) is 0 Å². The quantitative estimate of drug-likeness (QED) is 0.802. The standard InChI is InChI=1S/C18H22N2O2/c1-5-14-12-19-15-10-9-13(11-16(15)20-14)7-6-8-17(21)22-18(2,3)4/h6-7,9-12H,5,8H2,1-4H3. The molecule has 4 nitrogen and oxygen atoms in total. The lowest BCUT2D eigenvalue weighted by Gasteiger charge is -2.18. The largest absolute Gasteiger partial charge is 0.460 e. The minimum atomic E-state index is -0.444. The number of ether oxygens (including phenoxy) is 1. The second-order valence-electron chi connectivity index (χ2n) is 6.16. The van der Waals surface area contributed by atoms with Crippen LogP contribution in [0.1, 0.15) is 45.4 Å². The molecule has 2 aromatic rings. The third-order valence-electron chi connectivity index (χ3n) is 2.99. The molecule has 0 spiro atoms. The van der Waals surface area contributed by atoms with E-state index >= 15 is 0 Å². The number of rotatable bonds is 4. The van der Waals surface area contributed by atoms with Crippen LogP contribution in [-0.2, 0) is 16.0 Å². The monoisotopic (exact) mass is 298 g/mol. The number of hydrogen-bond donors (Lipinski definition) is 0. The van der Waals surface area contributed by atoms with Gasteiger partial charge in [-0.25, -0.2) is 4.98 Å². The predicted molar refractivity (Wildman–Crippen MR) is 88.4 cm³/mol. The molecule has 0 amide bonds. The first-order valence-corrected chi connectivity index (χ1v) is 7.51. The van der Waals surface area contributed by atoms with Crippen LogP contribution in [0.5, 0.6) is 0 Å². The summed E-state index contributed by atoms with van der Waals surface area (Å²) in [6.07, 6.45) is 6.65. The SMILES string of the molecule is CCc1cnc2ccc(C=CCC(=O)OC(C)(C)C)cc2n1. The summed E-state index contributed by atoms with van der Waals surface area (Å²) in [5.41, 5.74) is 3.28. The first-order valence-electron chi connectivity index (χ1n) is 7.51. The maximum atomic E-state index is 11.6. The molecule has 1 aromatic carbocycles. The molecule has 0 saturated carbocycles. The summed E-state index contributed by atoms with van der Waals surface area (Å²) in [5.74, 6) is -0.224. The summed E-state index contributed by atoms with van der Waals surface area (Å²) in [6, 6.07) is 5.89. The van der Waals surface area contributed by atoms with Crippen LogP contribution in [0.15, 0.2) is 30.5 Å². The van der Waals surface area contributed by atoms with Gasteiger partial charge in [-0.3, -0.25) is 9.78 Å². The van der Waals surface area contributed by atoms with Crippen molar-refractivity contribution in [3.05, 3.63) is 41.7 Å². The molecule has 4 heteroatoms. The number of benzene rings is 1. The van der Waals surface area contributed by atoms with Crippen molar-refractivity contribution < 1.29 is 9.53 Å². The lowest BCUT2D eigenvalue weighted by atomic mass is 10.1. The highest BCUT2D eigenvalue weighted by Gasteiger charge is 2.14. The Morgan fingerprint density at radius 1 is 1.27 bits per heavy atom. The fourth-order valence-corrected chi connectivity index (χ4v) is 2.02. The van der Waals surface area contributed by atoms with Crippen molar-refractivity contribution in [1.82, 2.24) is 9.97 Å². The van der Waals surface area contributed by atoms with Gasteiger partial charge in [0.05, 0.1) is 23.1 Å². The third-order valence-corrected chi connectivity index (χ3v) is 2.99. The van der Waals surface area contributed by atoms with Crippen molar-refractivity contribution >= 4 is 23.1 Å². The predicted octanol–water partition coefficient (Wildman–Crippen LogP) is 3.94. The van der Waals surface area contributed by atoms with E-state index in [4.69, 9.17) is 4.74 Å². The van der Waals surface area contributed by atoms with Gasteiger partial charge in [0.2, 0.25) is 0 Å². The normalized spacial score (nSPS) is 12.0. The molecule has 0 saturated heterocycles. The second kappa shape index (κ2) is 6.69. The first kappa shape index (κ1) is 16.1. The van der Waals surface area contributed by atoms with Crippen molar-refractivity contribution in [1.29, 1.82) is 0 Å². The molecular formula is C18H22N2O2. The van der Waals surface area contributed by atoms with Gasteiger partial charge in [-0.15, -0.1) is 0 Å². The minimum Gasteiger partial charge on any atom is -0.460 e. The summed E-state index contributed by atoms with van der Waals surface area (Å²) in [6.45, 7) is 7.65. The average molecular weight is 298 g/mol. The van der Waals surface area contributed by atoms with E-state index in [1.54, 1.807) is 6.20 Å². The van der Waals surface area contributed by atoms with Crippen LogP contribution < -0.4 is 0 Å². The molecule has 0 aliphatic rings.